The molecule has 2 aromatic rings. The third kappa shape index (κ3) is 2.19. The Morgan fingerprint density at radius 1 is 1.56 bits per heavy atom. The van der Waals surface area contributed by atoms with Gasteiger partial charge in [-0.1, -0.05) is 30.8 Å². The maximum atomic E-state index is 10.9. The second-order valence-corrected chi connectivity index (χ2v) is 4.60. The van der Waals surface area contributed by atoms with E-state index in [1.54, 1.807) is 0 Å². The van der Waals surface area contributed by atoms with E-state index in [1.807, 2.05) is 31.2 Å². The highest BCUT2D eigenvalue weighted by atomic mass is 32.2. The largest absolute Gasteiger partial charge is 0.480 e. The molecule has 0 aliphatic rings. The van der Waals surface area contributed by atoms with Crippen molar-refractivity contribution < 1.29 is 9.90 Å². The summed E-state index contributed by atoms with van der Waals surface area (Å²) >= 11 is 1.26. The summed E-state index contributed by atoms with van der Waals surface area (Å²) in [6, 6.07) is 7.65. The lowest BCUT2D eigenvalue weighted by atomic mass is 10.3. The summed E-state index contributed by atoms with van der Waals surface area (Å²) < 4.78 is 0. The van der Waals surface area contributed by atoms with Gasteiger partial charge in [-0.3, -0.25) is 4.79 Å². The summed E-state index contributed by atoms with van der Waals surface area (Å²) in [5.74, 6) is -0.798. The predicted octanol–water partition coefficient (Wildman–Crippen LogP) is 2.52. The van der Waals surface area contributed by atoms with Crippen LogP contribution in [0, 0.1) is 0 Å². The van der Waals surface area contributed by atoms with Gasteiger partial charge in [0.1, 0.15) is 5.25 Å². The van der Waals surface area contributed by atoms with Crippen LogP contribution in [0.1, 0.15) is 13.3 Å². The molecule has 0 radical (unpaired) electrons. The number of hydrogen-bond donors (Lipinski definition) is 2. The first-order valence-corrected chi connectivity index (χ1v) is 5.93. The fourth-order valence-corrected chi connectivity index (χ4v) is 2.29. The van der Waals surface area contributed by atoms with Gasteiger partial charge in [0.15, 0.2) is 5.16 Å². The molecule has 2 N–H and O–H groups in total. The molecule has 0 aliphatic heterocycles. The molecule has 0 saturated carbocycles. The molecule has 2 rings (SSSR count). The van der Waals surface area contributed by atoms with Crippen molar-refractivity contribution >= 4 is 28.8 Å². The number of aliphatic carboxylic acids is 1. The minimum Gasteiger partial charge on any atom is -0.480 e. The molecule has 4 nitrogen and oxygen atoms in total. The van der Waals surface area contributed by atoms with Crippen LogP contribution in [0.2, 0.25) is 0 Å². The zero-order valence-corrected chi connectivity index (χ0v) is 9.62. The van der Waals surface area contributed by atoms with E-state index in [1.165, 1.54) is 11.8 Å². The molecule has 1 aromatic carbocycles. The molecule has 84 valence electrons. The minimum absolute atomic E-state index is 0.444. The number of fused-ring (bicyclic) bond motifs is 1. The van der Waals surface area contributed by atoms with Crippen LogP contribution in [-0.4, -0.2) is 26.3 Å². The third-order valence-corrected chi connectivity index (χ3v) is 3.50. The summed E-state index contributed by atoms with van der Waals surface area (Å²) in [4.78, 5) is 18.3. The lowest BCUT2D eigenvalue weighted by Gasteiger charge is -2.05. The molecular weight excluding hydrogens is 224 g/mol. The van der Waals surface area contributed by atoms with Crippen molar-refractivity contribution in [3.05, 3.63) is 24.3 Å². The number of aromatic amines is 1. The molecule has 0 bridgehead atoms. The number of H-pyrrole nitrogens is 1. The van der Waals surface area contributed by atoms with Gasteiger partial charge in [-0.15, -0.1) is 0 Å². The molecule has 1 aromatic heterocycles. The van der Waals surface area contributed by atoms with E-state index in [4.69, 9.17) is 5.11 Å². The second kappa shape index (κ2) is 4.57. The molecule has 16 heavy (non-hydrogen) atoms. The number of carboxylic acid groups (broad SMARTS) is 1. The monoisotopic (exact) mass is 236 g/mol. The summed E-state index contributed by atoms with van der Waals surface area (Å²) in [5, 5.41) is 9.17. The molecular formula is C11H12N2O2S. The van der Waals surface area contributed by atoms with Gasteiger partial charge < -0.3 is 10.1 Å². The second-order valence-electron chi connectivity index (χ2n) is 3.41. The number of carbonyl (C=O) groups is 1. The Bertz CT molecular complexity index is 476. The van der Waals surface area contributed by atoms with Gasteiger partial charge in [-0.25, -0.2) is 4.98 Å². The van der Waals surface area contributed by atoms with E-state index in [-0.39, 0.29) is 0 Å². The van der Waals surface area contributed by atoms with Crippen molar-refractivity contribution in [2.45, 2.75) is 23.8 Å². The van der Waals surface area contributed by atoms with E-state index in [9.17, 15) is 4.79 Å². The van der Waals surface area contributed by atoms with Gasteiger partial charge in [0.2, 0.25) is 0 Å². The highest BCUT2D eigenvalue weighted by Crippen LogP contribution is 2.25. The quantitative estimate of drug-likeness (QED) is 0.800. The number of imidazole rings is 1. The Morgan fingerprint density at radius 2 is 2.31 bits per heavy atom. The molecule has 0 aliphatic carbocycles. The number of thioether (sulfide) groups is 1. The van der Waals surface area contributed by atoms with Crippen LogP contribution in [0.3, 0.4) is 0 Å². The van der Waals surface area contributed by atoms with Crippen LogP contribution in [0.5, 0.6) is 0 Å². The zero-order valence-electron chi connectivity index (χ0n) is 8.80. The molecule has 5 heteroatoms. The maximum absolute atomic E-state index is 10.9. The van der Waals surface area contributed by atoms with Crippen molar-refractivity contribution in [3.8, 4) is 0 Å². The summed E-state index contributed by atoms with van der Waals surface area (Å²) in [7, 11) is 0. The van der Waals surface area contributed by atoms with Gasteiger partial charge in [-0.05, 0) is 18.6 Å². The van der Waals surface area contributed by atoms with Gasteiger partial charge in [0.25, 0.3) is 0 Å². The summed E-state index contributed by atoms with van der Waals surface area (Å²) in [6.45, 7) is 1.86. The first-order valence-electron chi connectivity index (χ1n) is 5.05. The number of nitrogens with zero attached hydrogens (tertiary/aromatic N) is 1. The van der Waals surface area contributed by atoms with E-state index in [0.717, 1.165) is 11.0 Å². The fourth-order valence-electron chi connectivity index (χ4n) is 1.43. The standard InChI is InChI=1S/C11H12N2O2S/c1-2-9(10(14)15)16-11-12-7-5-3-4-6-8(7)13-11/h3-6,9H,2H2,1H3,(H,12,13)(H,14,15)/t9-/m0/s1. The SMILES string of the molecule is CC[C@H](Sc1nc2ccccc2[nH]1)C(=O)O. The van der Waals surface area contributed by atoms with Crippen LogP contribution in [0.4, 0.5) is 0 Å². The van der Waals surface area contributed by atoms with Gasteiger partial charge in [0, 0.05) is 0 Å². The molecule has 0 amide bonds. The average Bonchev–Trinajstić information content (AvgIpc) is 2.67. The minimum atomic E-state index is -0.798. The summed E-state index contributed by atoms with van der Waals surface area (Å²) in [6.07, 6.45) is 0.580. The number of hydrogen-bond acceptors (Lipinski definition) is 3. The van der Waals surface area contributed by atoms with Crippen LogP contribution in [0.25, 0.3) is 11.0 Å². The average molecular weight is 236 g/mol. The van der Waals surface area contributed by atoms with Gasteiger partial charge in [-0.2, -0.15) is 0 Å². The molecule has 0 fully saturated rings. The Hall–Kier alpha value is -1.49. The van der Waals surface area contributed by atoms with Crippen LogP contribution in [-0.2, 0) is 4.79 Å². The lowest BCUT2D eigenvalue weighted by molar-refractivity contribution is -0.136. The van der Waals surface area contributed by atoms with E-state index < -0.39 is 11.2 Å². The Balaban J connectivity index is 2.24. The van der Waals surface area contributed by atoms with E-state index >= 15 is 0 Å². The van der Waals surface area contributed by atoms with Crippen LogP contribution in [0.15, 0.2) is 29.4 Å². The molecule has 1 heterocycles. The topological polar surface area (TPSA) is 66.0 Å². The van der Waals surface area contributed by atoms with Gasteiger partial charge in [0.05, 0.1) is 11.0 Å². The first-order chi connectivity index (χ1) is 7.70. The molecule has 0 saturated heterocycles. The van der Waals surface area contributed by atoms with E-state index in [0.29, 0.717) is 11.6 Å². The van der Waals surface area contributed by atoms with Crippen LogP contribution >= 0.6 is 11.8 Å². The van der Waals surface area contributed by atoms with Crippen molar-refractivity contribution in [1.29, 1.82) is 0 Å². The summed E-state index contributed by atoms with van der Waals surface area (Å²) in [5.41, 5.74) is 1.80. The van der Waals surface area contributed by atoms with Gasteiger partial charge >= 0.3 is 5.97 Å². The maximum Gasteiger partial charge on any atom is 0.317 e. The Morgan fingerprint density at radius 3 is 2.94 bits per heavy atom. The van der Waals surface area contributed by atoms with E-state index in [2.05, 4.69) is 9.97 Å². The van der Waals surface area contributed by atoms with Crippen molar-refractivity contribution in [2.24, 2.45) is 0 Å². The smallest absolute Gasteiger partial charge is 0.317 e. The van der Waals surface area contributed by atoms with Crippen molar-refractivity contribution in [1.82, 2.24) is 9.97 Å². The van der Waals surface area contributed by atoms with Crippen molar-refractivity contribution in [3.63, 3.8) is 0 Å². The number of aromatic nitrogens is 2. The lowest BCUT2D eigenvalue weighted by Crippen LogP contribution is -2.14. The molecule has 1 atom stereocenters. The van der Waals surface area contributed by atoms with Crippen LogP contribution < -0.4 is 0 Å². The van der Waals surface area contributed by atoms with Crippen molar-refractivity contribution in [2.75, 3.05) is 0 Å². The number of rotatable bonds is 4. The number of carboxylic acids is 1. The normalized spacial score (nSPS) is 12.8. The number of para-hydroxylation sites is 2. The molecule has 0 unspecified atom stereocenters. The highest BCUT2D eigenvalue weighted by Gasteiger charge is 2.18. The Labute approximate surface area is 97.1 Å². The fraction of sp³-hybridized carbons (Fsp3) is 0.273. The zero-order chi connectivity index (χ0) is 11.5. The number of nitrogens with one attached hydrogen (secondary N) is 1. The molecule has 0 spiro atoms. The Kier molecular flexibility index (Phi) is 3.14. The third-order valence-electron chi connectivity index (χ3n) is 2.27. The first kappa shape index (κ1) is 11.0. The predicted molar refractivity (Wildman–Crippen MR) is 63.7 cm³/mol. The number of benzene rings is 1. The highest BCUT2D eigenvalue weighted by molar-refractivity contribution is 8.00.